The summed E-state index contributed by atoms with van der Waals surface area (Å²) in [5.41, 5.74) is 2.25. The van der Waals surface area contributed by atoms with Gasteiger partial charge in [0.25, 0.3) is 5.91 Å². The second-order valence-electron chi connectivity index (χ2n) is 8.36. The first-order valence-corrected chi connectivity index (χ1v) is 11.6. The van der Waals surface area contributed by atoms with Crippen LogP contribution >= 0.6 is 11.9 Å². The molecule has 9 heteroatoms. The highest BCUT2D eigenvalue weighted by molar-refractivity contribution is 7.97. The number of fused-ring (bicyclic) bond motifs is 1. The number of amides is 1. The lowest BCUT2D eigenvalue weighted by molar-refractivity contribution is 0.102. The van der Waals surface area contributed by atoms with Crippen LogP contribution in [0.4, 0.5) is 10.2 Å². The van der Waals surface area contributed by atoms with E-state index in [2.05, 4.69) is 14.6 Å². The maximum Gasteiger partial charge on any atom is 0.259 e. The van der Waals surface area contributed by atoms with E-state index in [-0.39, 0.29) is 23.3 Å². The Kier molecular flexibility index (Phi) is 6.57. The Balaban J connectivity index is 1.50. The Morgan fingerprint density at radius 1 is 1.34 bits per heavy atom. The zero-order valence-corrected chi connectivity index (χ0v) is 19.0. The quantitative estimate of drug-likeness (QED) is 0.330. The molecule has 2 aliphatic rings. The zero-order chi connectivity index (χ0) is 22.8. The van der Waals surface area contributed by atoms with Gasteiger partial charge in [0, 0.05) is 24.4 Å². The number of hydrogen-bond acceptors (Lipinski definition) is 6. The molecule has 1 aromatic carbocycles. The van der Waals surface area contributed by atoms with E-state index >= 15 is 0 Å². The Morgan fingerprint density at radius 3 is 2.81 bits per heavy atom. The number of amidine groups is 1. The standard InChI is InChI=1S/C23H27FN6OS/c1-14(2)30(13-25)22(26)20-4-3-5-21(27-20)28-23(31)18-10-16-12-29(32-17-6-7-17)9-8-15(16)11-19(18)24/h3-5,10-11,13-14,17,25-26H,6-9,12H2,1-2H3,(H,27,28,31). The highest BCUT2D eigenvalue weighted by Gasteiger charge is 2.28. The van der Waals surface area contributed by atoms with Gasteiger partial charge in [-0.1, -0.05) is 18.0 Å². The van der Waals surface area contributed by atoms with Crippen molar-refractivity contribution in [2.75, 3.05) is 11.9 Å². The summed E-state index contributed by atoms with van der Waals surface area (Å²) < 4.78 is 17.0. The second kappa shape index (κ2) is 9.38. The number of halogens is 1. The lowest BCUT2D eigenvalue weighted by atomic mass is 9.97. The monoisotopic (exact) mass is 454 g/mol. The Labute approximate surface area is 191 Å². The Hall–Kier alpha value is -2.78. The van der Waals surface area contributed by atoms with E-state index in [1.807, 2.05) is 25.8 Å². The van der Waals surface area contributed by atoms with Crippen LogP contribution in [0.25, 0.3) is 0 Å². The molecule has 4 rings (SSSR count). The number of carbonyl (C=O) groups excluding carboxylic acids is 1. The molecule has 1 saturated carbocycles. The van der Waals surface area contributed by atoms with Crippen LogP contribution in [0.1, 0.15) is 53.9 Å². The van der Waals surface area contributed by atoms with Crippen LogP contribution in [0.2, 0.25) is 0 Å². The summed E-state index contributed by atoms with van der Waals surface area (Å²) in [6, 6.07) is 7.97. The average molecular weight is 455 g/mol. The molecule has 2 heterocycles. The lowest BCUT2D eigenvalue weighted by Gasteiger charge is -2.28. The molecule has 168 valence electrons. The predicted octanol–water partition coefficient (Wildman–Crippen LogP) is 4.28. The summed E-state index contributed by atoms with van der Waals surface area (Å²) in [7, 11) is 0. The van der Waals surface area contributed by atoms with Crippen molar-refractivity contribution in [3.8, 4) is 0 Å². The van der Waals surface area contributed by atoms with E-state index in [0.717, 1.165) is 30.4 Å². The molecule has 0 atom stereocenters. The molecule has 0 radical (unpaired) electrons. The summed E-state index contributed by atoms with van der Waals surface area (Å²) >= 11 is 1.87. The fourth-order valence-corrected chi connectivity index (χ4v) is 4.80. The average Bonchev–Trinajstić information content (AvgIpc) is 3.57. The molecule has 0 bridgehead atoms. The number of hydrogen-bond donors (Lipinski definition) is 3. The van der Waals surface area contributed by atoms with Gasteiger partial charge in [0.1, 0.15) is 17.3 Å². The first kappa shape index (κ1) is 22.4. The second-order valence-corrected chi connectivity index (χ2v) is 9.75. The molecule has 1 aliphatic heterocycles. The number of benzene rings is 1. The zero-order valence-electron chi connectivity index (χ0n) is 18.2. The summed E-state index contributed by atoms with van der Waals surface area (Å²) in [4.78, 5) is 18.6. The van der Waals surface area contributed by atoms with Crippen LogP contribution in [0.5, 0.6) is 0 Å². The molecule has 1 aliphatic carbocycles. The number of nitrogens with zero attached hydrogens (tertiary/aromatic N) is 3. The fraction of sp³-hybridized carbons (Fsp3) is 0.391. The van der Waals surface area contributed by atoms with E-state index < -0.39 is 11.7 Å². The molecule has 7 nitrogen and oxygen atoms in total. The van der Waals surface area contributed by atoms with Crippen molar-refractivity contribution in [2.24, 2.45) is 0 Å². The van der Waals surface area contributed by atoms with E-state index in [1.165, 1.54) is 23.8 Å². The minimum absolute atomic E-state index is 0.00685. The summed E-state index contributed by atoms with van der Waals surface area (Å²) in [5, 5.41) is 19.2. The highest BCUT2D eigenvalue weighted by atomic mass is 32.2. The first-order valence-electron chi connectivity index (χ1n) is 10.7. The van der Waals surface area contributed by atoms with E-state index in [1.54, 1.807) is 24.3 Å². The fourth-order valence-electron chi connectivity index (χ4n) is 3.63. The highest BCUT2D eigenvalue weighted by Crippen LogP contribution is 2.38. The minimum atomic E-state index is -0.568. The van der Waals surface area contributed by atoms with Gasteiger partial charge in [-0.05, 0) is 68.5 Å². The van der Waals surface area contributed by atoms with Gasteiger partial charge in [-0.3, -0.25) is 15.6 Å². The molecular weight excluding hydrogens is 427 g/mol. The smallest absolute Gasteiger partial charge is 0.259 e. The van der Waals surface area contributed by atoms with Crippen LogP contribution in [-0.2, 0) is 13.0 Å². The van der Waals surface area contributed by atoms with Crippen molar-refractivity contribution in [1.29, 1.82) is 10.8 Å². The van der Waals surface area contributed by atoms with Crippen molar-refractivity contribution in [1.82, 2.24) is 14.2 Å². The largest absolute Gasteiger partial charge is 0.314 e. The maximum absolute atomic E-state index is 14.7. The van der Waals surface area contributed by atoms with Gasteiger partial charge in [-0.25, -0.2) is 13.7 Å². The number of aromatic nitrogens is 1. The van der Waals surface area contributed by atoms with Crippen molar-refractivity contribution < 1.29 is 9.18 Å². The first-order chi connectivity index (χ1) is 15.4. The van der Waals surface area contributed by atoms with Crippen LogP contribution in [0.15, 0.2) is 30.3 Å². The Bertz CT molecular complexity index is 1050. The van der Waals surface area contributed by atoms with Gasteiger partial charge in [-0.15, -0.1) is 0 Å². The topological polar surface area (TPSA) is 96.2 Å². The van der Waals surface area contributed by atoms with Gasteiger partial charge >= 0.3 is 0 Å². The molecule has 1 fully saturated rings. The summed E-state index contributed by atoms with van der Waals surface area (Å²) in [6.07, 6.45) is 4.36. The number of anilines is 1. The number of pyridine rings is 1. The van der Waals surface area contributed by atoms with Crippen LogP contribution in [-0.4, -0.2) is 50.1 Å². The third kappa shape index (κ3) is 4.99. The van der Waals surface area contributed by atoms with Crippen LogP contribution < -0.4 is 5.32 Å². The van der Waals surface area contributed by atoms with Crippen molar-refractivity contribution in [3.05, 3.63) is 58.5 Å². The normalized spacial score (nSPS) is 15.9. The van der Waals surface area contributed by atoms with Crippen molar-refractivity contribution in [2.45, 2.75) is 50.9 Å². The van der Waals surface area contributed by atoms with Gasteiger partial charge in [0.2, 0.25) is 0 Å². The van der Waals surface area contributed by atoms with Gasteiger partial charge in [0.15, 0.2) is 5.84 Å². The minimum Gasteiger partial charge on any atom is -0.314 e. The van der Waals surface area contributed by atoms with E-state index in [9.17, 15) is 9.18 Å². The molecule has 0 unspecified atom stereocenters. The number of nitrogens with one attached hydrogen (secondary N) is 3. The van der Waals surface area contributed by atoms with Crippen molar-refractivity contribution in [3.63, 3.8) is 0 Å². The Morgan fingerprint density at radius 2 is 2.12 bits per heavy atom. The van der Waals surface area contributed by atoms with Crippen molar-refractivity contribution >= 4 is 35.8 Å². The SMILES string of the molecule is CC(C)N(C=N)C(=N)c1cccc(NC(=O)c2cc3c(cc2F)CCN(SC2CC2)C3)n1. The van der Waals surface area contributed by atoms with Gasteiger partial charge < -0.3 is 10.2 Å². The lowest BCUT2D eigenvalue weighted by Crippen LogP contribution is -2.36. The predicted molar refractivity (Wildman–Crippen MR) is 126 cm³/mol. The third-order valence-corrected chi connectivity index (χ3v) is 6.90. The summed E-state index contributed by atoms with van der Waals surface area (Å²) in [5.74, 6) is -0.822. The maximum atomic E-state index is 14.7. The molecule has 32 heavy (non-hydrogen) atoms. The van der Waals surface area contributed by atoms with Gasteiger partial charge in [0.05, 0.1) is 11.9 Å². The van der Waals surface area contributed by atoms with E-state index in [4.69, 9.17) is 10.8 Å². The van der Waals surface area contributed by atoms with Gasteiger partial charge in [-0.2, -0.15) is 0 Å². The summed E-state index contributed by atoms with van der Waals surface area (Å²) in [6.45, 7) is 5.34. The molecule has 1 aromatic heterocycles. The number of carbonyl (C=O) groups is 1. The molecule has 0 spiro atoms. The van der Waals surface area contributed by atoms with E-state index in [0.29, 0.717) is 17.5 Å². The third-order valence-electron chi connectivity index (χ3n) is 5.52. The molecule has 2 aromatic rings. The van der Waals surface area contributed by atoms with Crippen LogP contribution in [0.3, 0.4) is 0 Å². The molecule has 1 amide bonds. The molecule has 3 N–H and O–H groups in total. The van der Waals surface area contributed by atoms with Crippen LogP contribution in [0, 0.1) is 16.6 Å². The number of rotatable bonds is 7. The molecular formula is C23H27FN6OS. The molecule has 0 saturated heterocycles.